The van der Waals surface area contributed by atoms with Crippen LogP contribution in [0.3, 0.4) is 0 Å². The molecular formula is C10H15NO2. The molecule has 1 rings (SSSR count). The van der Waals surface area contributed by atoms with Crippen molar-refractivity contribution in [2.24, 2.45) is 0 Å². The summed E-state index contributed by atoms with van der Waals surface area (Å²) < 4.78 is 4.98. The number of carbonyl (C=O) groups excluding carboxylic acids is 1. The van der Waals surface area contributed by atoms with Crippen LogP contribution < -0.4 is 5.32 Å². The number of amides is 1. The van der Waals surface area contributed by atoms with Gasteiger partial charge in [-0.1, -0.05) is 19.8 Å². The molecule has 0 spiro atoms. The number of rotatable bonds is 5. The van der Waals surface area contributed by atoms with Gasteiger partial charge >= 0.3 is 0 Å². The summed E-state index contributed by atoms with van der Waals surface area (Å²) in [6.07, 6.45) is 5.30. The third kappa shape index (κ3) is 3.78. The van der Waals surface area contributed by atoms with E-state index in [0.29, 0.717) is 12.3 Å². The first-order valence-electron chi connectivity index (χ1n) is 4.66. The van der Waals surface area contributed by atoms with E-state index in [-0.39, 0.29) is 5.91 Å². The molecule has 1 amide bonds. The van der Waals surface area contributed by atoms with Gasteiger partial charge < -0.3 is 4.42 Å². The molecule has 72 valence electrons. The van der Waals surface area contributed by atoms with Crippen molar-refractivity contribution in [3.63, 3.8) is 0 Å². The van der Waals surface area contributed by atoms with E-state index in [2.05, 4.69) is 12.2 Å². The number of hydrogen-bond acceptors (Lipinski definition) is 2. The molecule has 0 bridgehead atoms. The molecule has 3 nitrogen and oxygen atoms in total. The Labute approximate surface area is 78.1 Å². The topological polar surface area (TPSA) is 42.2 Å². The summed E-state index contributed by atoms with van der Waals surface area (Å²) >= 11 is 0. The molecule has 0 saturated heterocycles. The lowest BCUT2D eigenvalue weighted by Gasteiger charge is -2.00. The maximum atomic E-state index is 11.2. The predicted octanol–water partition coefficient (Wildman–Crippen LogP) is 2.80. The molecular weight excluding hydrogens is 166 g/mol. The first-order chi connectivity index (χ1) is 6.33. The molecule has 1 N–H and O–H groups in total. The maximum absolute atomic E-state index is 11.2. The van der Waals surface area contributed by atoms with Crippen molar-refractivity contribution in [2.45, 2.75) is 32.6 Å². The van der Waals surface area contributed by atoms with Crippen molar-refractivity contribution in [1.82, 2.24) is 0 Å². The van der Waals surface area contributed by atoms with Crippen LogP contribution in [-0.2, 0) is 4.79 Å². The van der Waals surface area contributed by atoms with Gasteiger partial charge in [0, 0.05) is 12.5 Å². The first-order valence-corrected chi connectivity index (χ1v) is 4.66. The molecule has 0 aliphatic rings. The van der Waals surface area contributed by atoms with Crippen LogP contribution in [0.1, 0.15) is 32.6 Å². The molecule has 0 aliphatic heterocycles. The predicted molar refractivity (Wildman–Crippen MR) is 51.5 cm³/mol. The summed E-state index contributed by atoms with van der Waals surface area (Å²) in [5.41, 5.74) is 0. The van der Waals surface area contributed by atoms with Crippen LogP contribution in [0.15, 0.2) is 22.8 Å². The summed E-state index contributed by atoms with van der Waals surface area (Å²) in [5, 5.41) is 2.68. The van der Waals surface area contributed by atoms with Crippen molar-refractivity contribution in [3.8, 4) is 0 Å². The van der Waals surface area contributed by atoms with E-state index in [1.807, 2.05) is 0 Å². The van der Waals surface area contributed by atoms with Gasteiger partial charge in [0.05, 0.1) is 6.26 Å². The highest BCUT2D eigenvalue weighted by Gasteiger charge is 2.02. The zero-order valence-electron chi connectivity index (χ0n) is 7.88. The monoisotopic (exact) mass is 181 g/mol. The van der Waals surface area contributed by atoms with Gasteiger partial charge in [-0.2, -0.15) is 0 Å². The van der Waals surface area contributed by atoms with Crippen LogP contribution in [-0.4, -0.2) is 5.91 Å². The zero-order valence-corrected chi connectivity index (χ0v) is 7.88. The molecule has 0 atom stereocenters. The van der Waals surface area contributed by atoms with Crippen molar-refractivity contribution in [2.75, 3.05) is 5.32 Å². The van der Waals surface area contributed by atoms with Crippen LogP contribution in [0.5, 0.6) is 0 Å². The Morgan fingerprint density at radius 3 is 3.00 bits per heavy atom. The molecule has 1 aromatic heterocycles. The number of carbonyl (C=O) groups is 1. The van der Waals surface area contributed by atoms with E-state index in [1.165, 1.54) is 0 Å². The van der Waals surface area contributed by atoms with Gasteiger partial charge in [-0.3, -0.25) is 10.1 Å². The second-order valence-corrected chi connectivity index (χ2v) is 2.98. The second-order valence-electron chi connectivity index (χ2n) is 2.98. The summed E-state index contributed by atoms with van der Waals surface area (Å²) in [6, 6.07) is 3.49. The Balaban J connectivity index is 2.18. The number of furan rings is 1. The standard InChI is InChI=1S/C10H15NO2/c1-2-3-4-6-9(12)11-10-7-5-8-13-10/h5,7-8H,2-4,6H2,1H3,(H,11,12). The fraction of sp³-hybridized carbons (Fsp3) is 0.500. The molecule has 0 aliphatic carbocycles. The minimum Gasteiger partial charge on any atom is -0.449 e. The first kappa shape index (κ1) is 9.84. The van der Waals surface area contributed by atoms with Crippen LogP contribution in [0.4, 0.5) is 5.88 Å². The molecule has 0 radical (unpaired) electrons. The zero-order chi connectivity index (χ0) is 9.52. The number of anilines is 1. The van der Waals surface area contributed by atoms with E-state index >= 15 is 0 Å². The fourth-order valence-corrected chi connectivity index (χ4v) is 1.09. The normalized spacial score (nSPS) is 9.92. The molecule has 0 aromatic carbocycles. The SMILES string of the molecule is CCCCCC(=O)Nc1ccco1. The van der Waals surface area contributed by atoms with Crippen molar-refractivity contribution in [3.05, 3.63) is 18.4 Å². The van der Waals surface area contributed by atoms with Crippen molar-refractivity contribution < 1.29 is 9.21 Å². The lowest BCUT2D eigenvalue weighted by molar-refractivity contribution is -0.116. The van der Waals surface area contributed by atoms with Gasteiger partial charge in [-0.05, 0) is 12.5 Å². The molecule has 13 heavy (non-hydrogen) atoms. The minimum atomic E-state index is 0.0309. The summed E-state index contributed by atoms with van der Waals surface area (Å²) in [6.45, 7) is 2.12. The molecule has 1 heterocycles. The van der Waals surface area contributed by atoms with Gasteiger partial charge in [0.2, 0.25) is 5.91 Å². The Morgan fingerprint density at radius 2 is 2.38 bits per heavy atom. The lowest BCUT2D eigenvalue weighted by atomic mass is 10.2. The van der Waals surface area contributed by atoms with E-state index in [0.717, 1.165) is 19.3 Å². The van der Waals surface area contributed by atoms with E-state index in [4.69, 9.17) is 4.42 Å². The lowest BCUT2D eigenvalue weighted by Crippen LogP contribution is -2.10. The van der Waals surface area contributed by atoms with Gasteiger partial charge in [-0.15, -0.1) is 0 Å². The van der Waals surface area contributed by atoms with Crippen LogP contribution >= 0.6 is 0 Å². The highest BCUT2D eigenvalue weighted by atomic mass is 16.3. The average molecular weight is 181 g/mol. The summed E-state index contributed by atoms with van der Waals surface area (Å²) in [7, 11) is 0. The fourth-order valence-electron chi connectivity index (χ4n) is 1.09. The maximum Gasteiger partial charge on any atom is 0.226 e. The highest BCUT2D eigenvalue weighted by Crippen LogP contribution is 2.08. The van der Waals surface area contributed by atoms with Crippen molar-refractivity contribution in [1.29, 1.82) is 0 Å². The Hall–Kier alpha value is -1.25. The third-order valence-electron chi connectivity index (χ3n) is 1.79. The van der Waals surface area contributed by atoms with Crippen LogP contribution in [0, 0.1) is 0 Å². The number of unbranched alkanes of at least 4 members (excludes halogenated alkanes) is 2. The quantitative estimate of drug-likeness (QED) is 0.710. The van der Waals surface area contributed by atoms with Gasteiger partial charge in [0.25, 0.3) is 0 Å². The van der Waals surface area contributed by atoms with Gasteiger partial charge in [0.1, 0.15) is 0 Å². The van der Waals surface area contributed by atoms with Crippen LogP contribution in [0.2, 0.25) is 0 Å². The van der Waals surface area contributed by atoms with E-state index < -0.39 is 0 Å². The molecule has 0 fully saturated rings. The van der Waals surface area contributed by atoms with Gasteiger partial charge in [-0.25, -0.2) is 0 Å². The molecule has 1 aromatic rings. The second kappa shape index (κ2) is 5.41. The number of nitrogens with one attached hydrogen (secondary N) is 1. The molecule has 3 heteroatoms. The highest BCUT2D eigenvalue weighted by molar-refractivity contribution is 5.89. The largest absolute Gasteiger partial charge is 0.449 e. The van der Waals surface area contributed by atoms with Crippen LogP contribution in [0.25, 0.3) is 0 Å². The van der Waals surface area contributed by atoms with Crippen molar-refractivity contribution >= 4 is 11.8 Å². The third-order valence-corrected chi connectivity index (χ3v) is 1.79. The molecule has 0 saturated carbocycles. The van der Waals surface area contributed by atoms with E-state index in [1.54, 1.807) is 18.4 Å². The summed E-state index contributed by atoms with van der Waals surface area (Å²) in [4.78, 5) is 11.2. The Bertz CT molecular complexity index is 241. The smallest absolute Gasteiger partial charge is 0.226 e. The Morgan fingerprint density at radius 1 is 1.54 bits per heavy atom. The molecule has 0 unspecified atom stereocenters. The van der Waals surface area contributed by atoms with Gasteiger partial charge in [0.15, 0.2) is 5.88 Å². The average Bonchev–Trinajstić information content (AvgIpc) is 2.57. The number of hydrogen-bond donors (Lipinski definition) is 1. The minimum absolute atomic E-state index is 0.0309. The summed E-state index contributed by atoms with van der Waals surface area (Å²) in [5.74, 6) is 0.560. The Kier molecular flexibility index (Phi) is 4.09. The van der Waals surface area contributed by atoms with E-state index in [9.17, 15) is 4.79 Å².